The highest BCUT2D eigenvalue weighted by Crippen LogP contribution is 2.32. The van der Waals surface area contributed by atoms with Gasteiger partial charge in [-0.3, -0.25) is 9.69 Å². The number of carbonyl (C=O) groups excluding carboxylic acids is 1. The fourth-order valence-corrected chi connectivity index (χ4v) is 4.96. The van der Waals surface area contributed by atoms with E-state index in [1.807, 2.05) is 31.2 Å². The van der Waals surface area contributed by atoms with Crippen LogP contribution < -0.4 is 15.5 Å². The second-order valence-corrected chi connectivity index (χ2v) is 8.86. The molecule has 2 heterocycles. The number of carbonyl (C=O) groups is 1. The monoisotopic (exact) mass is 456 g/mol. The van der Waals surface area contributed by atoms with Crippen LogP contribution in [0, 0.1) is 12.7 Å². The number of aryl methyl sites for hydroxylation is 1. The van der Waals surface area contributed by atoms with Crippen molar-refractivity contribution in [2.24, 2.45) is 0 Å². The van der Waals surface area contributed by atoms with Crippen LogP contribution in [0.2, 0.25) is 0 Å². The standard InChI is InChI=1S/C25H33FN4O3/c1-17-5-6-22(26)21-16-23(28-24(17)21)25(33)27-18-3-2-4-20(15-18)29-9-7-19(8-10-29)30(11-13-31)12-14-32/h2-6,15,19,23,28,31-32H,7-14,16H2,1H3,(H,27,33). The van der Waals surface area contributed by atoms with E-state index in [4.69, 9.17) is 0 Å². The zero-order valence-corrected chi connectivity index (χ0v) is 19.1. The van der Waals surface area contributed by atoms with Crippen LogP contribution in [-0.2, 0) is 11.2 Å². The Morgan fingerprint density at radius 2 is 1.91 bits per heavy atom. The lowest BCUT2D eigenvalue weighted by molar-refractivity contribution is -0.116. The lowest BCUT2D eigenvalue weighted by atomic mass is 10.0. The number of aliphatic hydroxyl groups is 2. The van der Waals surface area contributed by atoms with Gasteiger partial charge in [-0.15, -0.1) is 0 Å². The molecule has 0 aromatic heterocycles. The highest BCUT2D eigenvalue weighted by molar-refractivity contribution is 5.98. The predicted octanol–water partition coefficient (Wildman–Crippen LogP) is 2.36. The smallest absolute Gasteiger partial charge is 0.247 e. The van der Waals surface area contributed by atoms with Crippen molar-refractivity contribution in [1.82, 2.24) is 4.90 Å². The second kappa shape index (κ2) is 10.5. The summed E-state index contributed by atoms with van der Waals surface area (Å²) < 4.78 is 14.2. The van der Waals surface area contributed by atoms with Gasteiger partial charge in [-0.25, -0.2) is 4.39 Å². The van der Waals surface area contributed by atoms with Crippen LogP contribution in [-0.4, -0.2) is 72.5 Å². The van der Waals surface area contributed by atoms with Crippen LogP contribution in [0.1, 0.15) is 24.0 Å². The number of halogens is 1. The number of anilines is 3. The first-order valence-electron chi connectivity index (χ1n) is 11.7. The van der Waals surface area contributed by atoms with Crippen molar-refractivity contribution in [3.8, 4) is 0 Å². The average molecular weight is 457 g/mol. The van der Waals surface area contributed by atoms with Crippen molar-refractivity contribution < 1.29 is 19.4 Å². The summed E-state index contributed by atoms with van der Waals surface area (Å²) in [7, 11) is 0. The Hall–Kier alpha value is -2.68. The first-order valence-corrected chi connectivity index (χ1v) is 11.7. The van der Waals surface area contributed by atoms with E-state index in [0.29, 0.717) is 31.1 Å². The maximum absolute atomic E-state index is 14.2. The first-order chi connectivity index (χ1) is 16.0. The number of hydrogen-bond acceptors (Lipinski definition) is 6. The topological polar surface area (TPSA) is 88.1 Å². The van der Waals surface area contributed by atoms with Crippen molar-refractivity contribution in [3.05, 3.63) is 53.3 Å². The van der Waals surface area contributed by atoms with Crippen molar-refractivity contribution >= 4 is 23.0 Å². The third kappa shape index (κ3) is 5.29. The molecule has 2 aliphatic heterocycles. The Labute approximate surface area is 194 Å². The number of benzene rings is 2. The molecule has 0 bridgehead atoms. The van der Waals surface area contributed by atoms with Gasteiger partial charge in [0.15, 0.2) is 0 Å². The summed E-state index contributed by atoms with van der Waals surface area (Å²) in [6.45, 7) is 4.99. The summed E-state index contributed by atoms with van der Waals surface area (Å²) in [6, 6.07) is 10.8. The van der Waals surface area contributed by atoms with Crippen molar-refractivity contribution in [3.63, 3.8) is 0 Å². The van der Waals surface area contributed by atoms with Gasteiger partial charge in [0.1, 0.15) is 11.9 Å². The largest absolute Gasteiger partial charge is 0.395 e. The molecule has 2 aromatic rings. The number of fused-ring (bicyclic) bond motifs is 1. The molecule has 2 aromatic carbocycles. The highest BCUT2D eigenvalue weighted by Gasteiger charge is 2.30. The van der Waals surface area contributed by atoms with E-state index in [2.05, 4.69) is 20.4 Å². The van der Waals surface area contributed by atoms with E-state index in [1.54, 1.807) is 6.07 Å². The Kier molecular flexibility index (Phi) is 7.47. The van der Waals surface area contributed by atoms with E-state index < -0.39 is 6.04 Å². The van der Waals surface area contributed by atoms with E-state index in [1.165, 1.54) is 6.07 Å². The molecule has 33 heavy (non-hydrogen) atoms. The third-order valence-electron chi connectivity index (χ3n) is 6.74. The molecule has 7 nitrogen and oxygen atoms in total. The summed E-state index contributed by atoms with van der Waals surface area (Å²) in [6.07, 6.45) is 2.23. The maximum atomic E-state index is 14.2. The van der Waals surface area contributed by atoms with Gasteiger partial charge in [-0.2, -0.15) is 0 Å². The van der Waals surface area contributed by atoms with Crippen LogP contribution in [0.4, 0.5) is 21.5 Å². The minimum atomic E-state index is -0.501. The fourth-order valence-electron chi connectivity index (χ4n) is 4.96. The summed E-state index contributed by atoms with van der Waals surface area (Å²) in [5, 5.41) is 24.7. The van der Waals surface area contributed by atoms with Crippen molar-refractivity contribution in [2.45, 2.75) is 38.3 Å². The summed E-state index contributed by atoms with van der Waals surface area (Å²) in [5.41, 5.74) is 4.00. The van der Waals surface area contributed by atoms with E-state index in [0.717, 1.165) is 48.6 Å². The van der Waals surface area contributed by atoms with Crippen LogP contribution in [0.15, 0.2) is 36.4 Å². The number of aliphatic hydroxyl groups excluding tert-OH is 2. The number of nitrogens with zero attached hydrogens (tertiary/aromatic N) is 2. The molecule has 1 fully saturated rings. The lowest BCUT2D eigenvalue weighted by Gasteiger charge is -2.39. The van der Waals surface area contributed by atoms with Crippen molar-refractivity contribution in [1.29, 1.82) is 0 Å². The number of amides is 1. The molecule has 4 N–H and O–H groups in total. The minimum absolute atomic E-state index is 0.0924. The number of nitrogens with one attached hydrogen (secondary N) is 2. The van der Waals surface area contributed by atoms with Gasteiger partial charge in [0.05, 0.1) is 13.2 Å². The van der Waals surface area contributed by atoms with Gasteiger partial charge < -0.3 is 25.7 Å². The Morgan fingerprint density at radius 1 is 1.18 bits per heavy atom. The van der Waals surface area contributed by atoms with E-state index >= 15 is 0 Å². The minimum Gasteiger partial charge on any atom is -0.395 e. The second-order valence-electron chi connectivity index (χ2n) is 8.86. The van der Waals surface area contributed by atoms with Gasteiger partial charge in [-0.1, -0.05) is 12.1 Å². The van der Waals surface area contributed by atoms with Crippen LogP contribution in [0.25, 0.3) is 0 Å². The zero-order valence-electron chi connectivity index (χ0n) is 19.1. The van der Waals surface area contributed by atoms with Crippen molar-refractivity contribution in [2.75, 3.05) is 54.9 Å². The molecule has 1 saturated heterocycles. The molecule has 0 spiro atoms. The molecule has 4 rings (SSSR count). The number of rotatable bonds is 8. The molecular formula is C25H33FN4O3. The average Bonchev–Trinajstić information content (AvgIpc) is 3.29. The first kappa shape index (κ1) is 23.5. The maximum Gasteiger partial charge on any atom is 0.247 e. The van der Waals surface area contributed by atoms with Crippen LogP contribution in [0.3, 0.4) is 0 Å². The third-order valence-corrected chi connectivity index (χ3v) is 6.74. The normalized spacial score (nSPS) is 18.3. The predicted molar refractivity (Wildman–Crippen MR) is 128 cm³/mol. The van der Waals surface area contributed by atoms with Crippen LogP contribution >= 0.6 is 0 Å². The summed E-state index contributed by atoms with van der Waals surface area (Å²) in [5.74, 6) is -0.454. The molecule has 0 aliphatic carbocycles. The van der Waals surface area contributed by atoms with Crippen LogP contribution in [0.5, 0.6) is 0 Å². The van der Waals surface area contributed by atoms with Gasteiger partial charge in [0.2, 0.25) is 5.91 Å². The number of piperidine rings is 1. The molecule has 2 aliphatic rings. The lowest BCUT2D eigenvalue weighted by Crippen LogP contribution is -2.46. The summed E-state index contributed by atoms with van der Waals surface area (Å²) >= 11 is 0. The highest BCUT2D eigenvalue weighted by atomic mass is 19.1. The molecular weight excluding hydrogens is 423 g/mol. The Bertz CT molecular complexity index is 941. The van der Waals surface area contributed by atoms with Gasteiger partial charge in [0.25, 0.3) is 0 Å². The molecule has 0 saturated carbocycles. The Balaban J connectivity index is 1.36. The fraction of sp³-hybridized carbons (Fsp3) is 0.480. The Morgan fingerprint density at radius 3 is 2.58 bits per heavy atom. The van der Waals surface area contributed by atoms with Gasteiger partial charge >= 0.3 is 0 Å². The molecule has 1 unspecified atom stereocenters. The zero-order chi connectivity index (χ0) is 23.4. The quantitative estimate of drug-likeness (QED) is 0.488. The van der Waals surface area contributed by atoms with Gasteiger partial charge in [0, 0.05) is 61.3 Å². The molecule has 1 atom stereocenters. The van der Waals surface area contributed by atoms with Gasteiger partial charge in [-0.05, 0) is 49.6 Å². The van der Waals surface area contributed by atoms with E-state index in [9.17, 15) is 19.4 Å². The van der Waals surface area contributed by atoms with E-state index in [-0.39, 0.29) is 24.9 Å². The number of hydrogen-bond donors (Lipinski definition) is 4. The molecule has 178 valence electrons. The SMILES string of the molecule is Cc1ccc(F)c2c1NC(C(=O)Nc1cccc(N3CCC(N(CCO)CCO)CC3)c1)C2. The summed E-state index contributed by atoms with van der Waals surface area (Å²) in [4.78, 5) is 17.3. The molecule has 0 radical (unpaired) electrons. The molecule has 8 heteroatoms. The molecule has 1 amide bonds.